The maximum Gasteiger partial charge on any atom is 0.241 e. The van der Waals surface area contributed by atoms with Gasteiger partial charge in [0.05, 0.1) is 11.6 Å². The minimum atomic E-state index is -1.000. The van der Waals surface area contributed by atoms with E-state index in [4.69, 9.17) is 14.9 Å². The van der Waals surface area contributed by atoms with Crippen molar-refractivity contribution >= 4 is 27.8 Å². The predicted octanol–water partition coefficient (Wildman–Crippen LogP) is 2.78. The van der Waals surface area contributed by atoms with Crippen LogP contribution < -0.4 is 11.1 Å². The zero-order valence-electron chi connectivity index (χ0n) is 15.2. The Hall–Kier alpha value is -2.95. The Morgan fingerprint density at radius 2 is 1.89 bits per heavy atom. The fourth-order valence-corrected chi connectivity index (χ4v) is 3.55. The van der Waals surface area contributed by atoms with Crippen LogP contribution in [-0.4, -0.2) is 30.7 Å². The van der Waals surface area contributed by atoms with Gasteiger partial charge in [-0.25, -0.2) is 4.39 Å². The summed E-state index contributed by atoms with van der Waals surface area (Å²) >= 11 is 0. The van der Waals surface area contributed by atoms with E-state index in [1.807, 2.05) is 18.2 Å². The molecule has 144 valence electrons. The Balaban J connectivity index is 1.53. The molecular weight excluding hydrogens is 361 g/mol. The third kappa shape index (κ3) is 3.44. The molecule has 0 radical (unpaired) electrons. The summed E-state index contributed by atoms with van der Waals surface area (Å²) in [6.45, 7) is 0.870. The first-order valence-corrected chi connectivity index (χ1v) is 9.16. The molecule has 0 bridgehead atoms. The van der Waals surface area contributed by atoms with Crippen LogP contribution in [0.5, 0.6) is 0 Å². The van der Waals surface area contributed by atoms with E-state index < -0.39 is 11.6 Å². The average Bonchev–Trinajstić information content (AvgIpc) is 3.04. The number of nitrogens with two attached hydrogens (primary N) is 1. The summed E-state index contributed by atoms with van der Waals surface area (Å²) in [5, 5.41) is 13.9. The van der Waals surface area contributed by atoms with Gasteiger partial charge in [-0.15, -0.1) is 0 Å². The van der Waals surface area contributed by atoms with Crippen LogP contribution in [-0.2, 0) is 16.0 Å². The van der Waals surface area contributed by atoms with Gasteiger partial charge < -0.3 is 20.2 Å². The molecule has 2 aromatic carbocycles. The van der Waals surface area contributed by atoms with Crippen LogP contribution in [0.4, 0.5) is 4.39 Å². The van der Waals surface area contributed by atoms with Gasteiger partial charge in [-0.2, -0.15) is 5.26 Å². The summed E-state index contributed by atoms with van der Waals surface area (Å²) in [6.07, 6.45) is 1.17. The Kier molecular flexibility index (Phi) is 4.75. The molecule has 1 aromatic heterocycles. The van der Waals surface area contributed by atoms with E-state index in [2.05, 4.69) is 11.4 Å². The van der Waals surface area contributed by atoms with Crippen LogP contribution in [0.3, 0.4) is 0 Å². The molecule has 6 nitrogen and oxygen atoms in total. The molecule has 0 saturated carbocycles. The largest absolute Gasteiger partial charge is 0.456 e. The Morgan fingerprint density at radius 1 is 1.21 bits per heavy atom. The van der Waals surface area contributed by atoms with E-state index in [1.54, 1.807) is 6.07 Å². The second kappa shape index (κ2) is 7.23. The number of amides is 1. The van der Waals surface area contributed by atoms with Crippen molar-refractivity contribution in [1.82, 2.24) is 5.32 Å². The number of furan rings is 1. The third-order valence-corrected chi connectivity index (χ3v) is 5.24. The SMILES string of the molecule is N#C[C@H](Cc1ccc2c(c1)oc1cc(F)ccc12)NC(=O)C1(N)CCOCC1. The molecule has 4 rings (SSSR count). The lowest BCUT2D eigenvalue weighted by atomic mass is 9.90. The highest BCUT2D eigenvalue weighted by Gasteiger charge is 2.36. The summed E-state index contributed by atoms with van der Waals surface area (Å²) in [5.41, 5.74) is 7.10. The van der Waals surface area contributed by atoms with Crippen molar-refractivity contribution in [2.75, 3.05) is 13.2 Å². The standard InChI is InChI=1S/C21H20FN3O3/c22-14-2-4-17-16-3-1-13(10-18(16)28-19(17)11-14)9-15(12-23)25-20(26)21(24)5-7-27-8-6-21/h1-4,10-11,15H,5-9,24H2,(H,25,26)/t15-/m0/s1. The highest BCUT2D eigenvalue weighted by molar-refractivity contribution is 6.04. The van der Waals surface area contributed by atoms with Crippen molar-refractivity contribution in [2.45, 2.75) is 30.8 Å². The number of nitrogens with one attached hydrogen (secondary N) is 1. The minimum absolute atomic E-state index is 0.316. The topological polar surface area (TPSA) is 101 Å². The lowest BCUT2D eigenvalue weighted by molar-refractivity contribution is -0.130. The molecule has 28 heavy (non-hydrogen) atoms. The van der Waals surface area contributed by atoms with E-state index in [1.165, 1.54) is 12.1 Å². The molecule has 0 aliphatic carbocycles. The summed E-state index contributed by atoms with van der Waals surface area (Å²) < 4.78 is 24.4. The summed E-state index contributed by atoms with van der Waals surface area (Å²) in [5.74, 6) is -0.689. The number of hydrogen-bond donors (Lipinski definition) is 2. The maximum atomic E-state index is 13.4. The zero-order valence-corrected chi connectivity index (χ0v) is 15.2. The number of halogens is 1. The number of carbonyl (C=O) groups excluding carboxylic acids is 1. The lowest BCUT2D eigenvalue weighted by Gasteiger charge is -2.32. The molecule has 0 unspecified atom stereocenters. The molecule has 1 saturated heterocycles. The highest BCUT2D eigenvalue weighted by Crippen LogP contribution is 2.30. The number of ether oxygens (including phenoxy) is 1. The normalized spacial score (nSPS) is 17.3. The van der Waals surface area contributed by atoms with Gasteiger partial charge in [-0.1, -0.05) is 12.1 Å². The molecule has 1 fully saturated rings. The van der Waals surface area contributed by atoms with Crippen LogP contribution in [0.2, 0.25) is 0 Å². The van der Waals surface area contributed by atoms with Gasteiger partial charge in [0.2, 0.25) is 5.91 Å². The molecule has 7 heteroatoms. The van der Waals surface area contributed by atoms with Crippen molar-refractivity contribution in [3.63, 3.8) is 0 Å². The zero-order chi connectivity index (χ0) is 19.7. The molecule has 1 atom stereocenters. The number of hydrogen-bond acceptors (Lipinski definition) is 5. The number of fused-ring (bicyclic) bond motifs is 3. The summed E-state index contributed by atoms with van der Waals surface area (Å²) in [4.78, 5) is 12.5. The van der Waals surface area contributed by atoms with Crippen LogP contribution in [0.1, 0.15) is 18.4 Å². The van der Waals surface area contributed by atoms with E-state index in [0.717, 1.165) is 16.3 Å². The number of rotatable bonds is 4. The molecule has 1 aliphatic heterocycles. The van der Waals surface area contributed by atoms with E-state index >= 15 is 0 Å². The first-order chi connectivity index (χ1) is 13.5. The van der Waals surface area contributed by atoms with Crippen molar-refractivity contribution < 1.29 is 18.3 Å². The van der Waals surface area contributed by atoms with Crippen molar-refractivity contribution in [3.05, 3.63) is 47.8 Å². The average molecular weight is 381 g/mol. The van der Waals surface area contributed by atoms with E-state index in [9.17, 15) is 14.4 Å². The number of benzene rings is 2. The van der Waals surface area contributed by atoms with Crippen LogP contribution in [0, 0.1) is 17.1 Å². The van der Waals surface area contributed by atoms with Gasteiger partial charge in [0, 0.05) is 36.5 Å². The Morgan fingerprint density at radius 3 is 2.61 bits per heavy atom. The minimum Gasteiger partial charge on any atom is -0.456 e. The quantitative estimate of drug-likeness (QED) is 0.724. The molecule has 1 amide bonds. The monoisotopic (exact) mass is 381 g/mol. The number of nitriles is 1. The molecule has 1 aliphatic rings. The Bertz CT molecular complexity index is 1080. The van der Waals surface area contributed by atoms with Crippen molar-refractivity contribution in [1.29, 1.82) is 5.26 Å². The summed E-state index contributed by atoms with van der Waals surface area (Å²) in [6, 6.07) is 11.4. The highest BCUT2D eigenvalue weighted by atomic mass is 19.1. The van der Waals surface area contributed by atoms with Crippen LogP contribution in [0.25, 0.3) is 21.9 Å². The molecule has 0 spiro atoms. The van der Waals surface area contributed by atoms with E-state index in [-0.39, 0.29) is 11.7 Å². The third-order valence-electron chi connectivity index (χ3n) is 5.24. The Labute approximate surface area is 161 Å². The van der Waals surface area contributed by atoms with Gasteiger partial charge in [0.15, 0.2) is 0 Å². The fourth-order valence-electron chi connectivity index (χ4n) is 3.55. The van der Waals surface area contributed by atoms with E-state index in [0.29, 0.717) is 43.6 Å². The first-order valence-electron chi connectivity index (χ1n) is 9.16. The molecule has 2 heterocycles. The lowest BCUT2D eigenvalue weighted by Crippen LogP contribution is -2.58. The second-order valence-corrected chi connectivity index (χ2v) is 7.20. The van der Waals surface area contributed by atoms with Gasteiger partial charge in [-0.3, -0.25) is 4.79 Å². The molecule has 3 N–H and O–H groups in total. The van der Waals surface area contributed by atoms with Gasteiger partial charge in [0.25, 0.3) is 0 Å². The van der Waals surface area contributed by atoms with Gasteiger partial charge in [0.1, 0.15) is 23.0 Å². The summed E-state index contributed by atoms with van der Waals surface area (Å²) in [7, 11) is 0. The van der Waals surface area contributed by atoms with Gasteiger partial charge >= 0.3 is 0 Å². The smallest absolute Gasteiger partial charge is 0.241 e. The molecule has 3 aromatic rings. The fraction of sp³-hybridized carbons (Fsp3) is 0.333. The number of nitrogens with zero attached hydrogens (tertiary/aromatic N) is 1. The first kappa shape index (κ1) is 18.4. The number of carbonyl (C=O) groups is 1. The maximum absolute atomic E-state index is 13.4. The van der Waals surface area contributed by atoms with Crippen molar-refractivity contribution in [3.8, 4) is 6.07 Å². The van der Waals surface area contributed by atoms with Gasteiger partial charge in [-0.05, 0) is 36.6 Å². The second-order valence-electron chi connectivity index (χ2n) is 7.20. The van der Waals surface area contributed by atoms with Crippen LogP contribution in [0.15, 0.2) is 40.8 Å². The van der Waals surface area contributed by atoms with Crippen molar-refractivity contribution in [2.24, 2.45) is 5.73 Å². The molecular formula is C21H20FN3O3. The predicted molar refractivity (Wildman–Crippen MR) is 102 cm³/mol. The van der Waals surface area contributed by atoms with Crippen LogP contribution >= 0.6 is 0 Å².